The number of alkyl halides is 3. The van der Waals surface area contributed by atoms with E-state index in [9.17, 15) is 13.2 Å². The van der Waals surface area contributed by atoms with E-state index in [1.165, 1.54) is 0 Å². The average Bonchev–Trinajstić information content (AvgIpc) is 2.34. The highest BCUT2D eigenvalue weighted by atomic mass is 19.4. The molecule has 1 fully saturated rings. The molecule has 0 amide bonds. The summed E-state index contributed by atoms with van der Waals surface area (Å²) in [5.41, 5.74) is 0. The van der Waals surface area contributed by atoms with Crippen molar-refractivity contribution in [3.63, 3.8) is 0 Å². The van der Waals surface area contributed by atoms with Crippen molar-refractivity contribution in [2.75, 3.05) is 13.2 Å². The van der Waals surface area contributed by atoms with Gasteiger partial charge in [0.25, 0.3) is 0 Å². The van der Waals surface area contributed by atoms with Crippen LogP contribution in [0.1, 0.15) is 6.42 Å². The van der Waals surface area contributed by atoms with Gasteiger partial charge in [-0.2, -0.15) is 13.2 Å². The van der Waals surface area contributed by atoms with Gasteiger partial charge in [0.2, 0.25) is 0 Å². The molecule has 11 heavy (non-hydrogen) atoms. The molecule has 0 radical (unpaired) electrons. The Morgan fingerprint density at radius 3 is 2.45 bits per heavy atom. The summed E-state index contributed by atoms with van der Waals surface area (Å²) in [4.78, 5) is 0. The Balaban J connectivity index is 2.46. The molecule has 0 aromatic rings. The molecule has 1 N–H and O–H groups in total. The van der Waals surface area contributed by atoms with Gasteiger partial charge < -0.3 is 9.84 Å². The predicted molar refractivity (Wildman–Crippen MR) is 31.0 cm³/mol. The molecular formula is C6H9F3O2. The lowest BCUT2D eigenvalue weighted by Gasteiger charge is -2.18. The summed E-state index contributed by atoms with van der Waals surface area (Å²) < 4.78 is 40.1. The number of halogens is 3. The highest BCUT2D eigenvalue weighted by Crippen LogP contribution is 2.29. The molecule has 0 bridgehead atoms. The van der Waals surface area contributed by atoms with E-state index >= 15 is 0 Å². The number of aliphatic hydroxyl groups is 1. The normalized spacial score (nSPS) is 28.9. The van der Waals surface area contributed by atoms with Gasteiger partial charge in [0.1, 0.15) is 0 Å². The third kappa shape index (κ3) is 2.07. The van der Waals surface area contributed by atoms with E-state index in [-0.39, 0.29) is 6.61 Å². The van der Waals surface area contributed by atoms with Gasteiger partial charge in [-0.25, -0.2) is 0 Å². The summed E-state index contributed by atoms with van der Waals surface area (Å²) in [5, 5.41) is 8.68. The summed E-state index contributed by atoms with van der Waals surface area (Å²) in [7, 11) is 0. The smallest absolute Gasteiger partial charge is 0.383 e. The average molecular weight is 170 g/mol. The van der Waals surface area contributed by atoms with Crippen molar-refractivity contribution in [1.29, 1.82) is 0 Å². The number of aliphatic hydroxyl groups excluding tert-OH is 1. The zero-order valence-electron chi connectivity index (χ0n) is 5.77. The molecule has 1 rings (SSSR count). The van der Waals surface area contributed by atoms with Crippen LogP contribution in [0, 0.1) is 5.92 Å². The van der Waals surface area contributed by atoms with Crippen molar-refractivity contribution in [1.82, 2.24) is 0 Å². The number of ether oxygens (including phenoxy) is 1. The first kappa shape index (κ1) is 8.80. The SMILES string of the molecule is O[C@H]([C@@H]1CCOC1)C(F)(F)F. The van der Waals surface area contributed by atoms with Gasteiger partial charge in [0.05, 0.1) is 6.61 Å². The molecule has 0 saturated carbocycles. The number of hydrogen-bond donors (Lipinski definition) is 1. The molecule has 1 heterocycles. The molecule has 0 unspecified atom stereocenters. The second-order valence-corrected chi connectivity index (χ2v) is 2.61. The third-order valence-corrected chi connectivity index (χ3v) is 1.75. The van der Waals surface area contributed by atoms with Gasteiger partial charge in [0, 0.05) is 12.5 Å². The van der Waals surface area contributed by atoms with E-state index in [1.807, 2.05) is 0 Å². The molecule has 1 aliphatic heterocycles. The topological polar surface area (TPSA) is 29.5 Å². The van der Waals surface area contributed by atoms with Crippen LogP contribution < -0.4 is 0 Å². The Labute approximate surface area is 62.0 Å². The van der Waals surface area contributed by atoms with Gasteiger partial charge in [-0.05, 0) is 6.42 Å². The highest BCUT2D eigenvalue weighted by Gasteiger charge is 2.44. The molecule has 66 valence electrons. The maximum atomic E-state index is 11.8. The van der Waals surface area contributed by atoms with Crippen LogP contribution in [-0.2, 0) is 4.74 Å². The summed E-state index contributed by atoms with van der Waals surface area (Å²) in [6.07, 6.45) is -6.43. The quantitative estimate of drug-likeness (QED) is 0.634. The Kier molecular flexibility index (Phi) is 2.39. The van der Waals surface area contributed by atoms with Crippen LogP contribution in [-0.4, -0.2) is 30.6 Å². The second-order valence-electron chi connectivity index (χ2n) is 2.61. The fourth-order valence-electron chi connectivity index (χ4n) is 1.07. The van der Waals surface area contributed by atoms with E-state index in [2.05, 4.69) is 0 Å². The Morgan fingerprint density at radius 2 is 2.09 bits per heavy atom. The largest absolute Gasteiger partial charge is 0.414 e. The fraction of sp³-hybridized carbons (Fsp3) is 1.00. The maximum absolute atomic E-state index is 11.8. The second kappa shape index (κ2) is 2.98. The van der Waals surface area contributed by atoms with E-state index in [4.69, 9.17) is 9.84 Å². The van der Waals surface area contributed by atoms with Crippen LogP contribution in [0.3, 0.4) is 0 Å². The Hall–Kier alpha value is -0.290. The zero-order valence-corrected chi connectivity index (χ0v) is 5.77. The number of hydrogen-bond acceptors (Lipinski definition) is 2. The van der Waals surface area contributed by atoms with Gasteiger partial charge in [-0.3, -0.25) is 0 Å². The van der Waals surface area contributed by atoms with Gasteiger partial charge in [-0.15, -0.1) is 0 Å². The van der Waals surface area contributed by atoms with Crippen LogP contribution in [0.5, 0.6) is 0 Å². The van der Waals surface area contributed by atoms with Crippen LogP contribution in [0.25, 0.3) is 0 Å². The molecular weight excluding hydrogens is 161 g/mol. The number of rotatable bonds is 1. The molecule has 5 heteroatoms. The van der Waals surface area contributed by atoms with E-state index in [0.29, 0.717) is 13.0 Å². The van der Waals surface area contributed by atoms with Gasteiger partial charge in [-0.1, -0.05) is 0 Å². The van der Waals surface area contributed by atoms with Crippen LogP contribution >= 0.6 is 0 Å². The molecule has 1 saturated heterocycles. The predicted octanol–water partition coefficient (Wildman–Crippen LogP) is 0.946. The van der Waals surface area contributed by atoms with E-state index < -0.39 is 18.2 Å². The summed E-state index contributed by atoms with van der Waals surface area (Å²) in [6, 6.07) is 0. The van der Waals surface area contributed by atoms with Gasteiger partial charge in [0.15, 0.2) is 6.10 Å². The fourth-order valence-corrected chi connectivity index (χ4v) is 1.07. The van der Waals surface area contributed by atoms with Crippen molar-refractivity contribution < 1.29 is 23.0 Å². The maximum Gasteiger partial charge on any atom is 0.414 e. The first-order chi connectivity index (χ1) is 5.02. The van der Waals surface area contributed by atoms with Crippen molar-refractivity contribution in [3.05, 3.63) is 0 Å². The minimum atomic E-state index is -4.50. The molecule has 2 atom stereocenters. The van der Waals surface area contributed by atoms with Crippen molar-refractivity contribution in [2.45, 2.75) is 18.7 Å². The van der Waals surface area contributed by atoms with Gasteiger partial charge >= 0.3 is 6.18 Å². The van der Waals surface area contributed by atoms with Crippen molar-refractivity contribution in [3.8, 4) is 0 Å². The Morgan fingerprint density at radius 1 is 1.45 bits per heavy atom. The minimum absolute atomic E-state index is 0.0146. The minimum Gasteiger partial charge on any atom is -0.383 e. The van der Waals surface area contributed by atoms with E-state index in [0.717, 1.165) is 0 Å². The molecule has 1 aliphatic rings. The summed E-state index contributed by atoms with van der Waals surface area (Å²) >= 11 is 0. The lowest BCUT2D eigenvalue weighted by Crippen LogP contribution is -2.36. The standard InChI is InChI=1S/C6H9F3O2/c7-6(8,9)5(10)4-1-2-11-3-4/h4-5,10H,1-3H2/t4-,5-/m1/s1. The highest BCUT2D eigenvalue weighted by molar-refractivity contribution is 4.77. The van der Waals surface area contributed by atoms with Crippen LogP contribution in [0.2, 0.25) is 0 Å². The molecule has 0 aliphatic carbocycles. The third-order valence-electron chi connectivity index (χ3n) is 1.75. The summed E-state index contributed by atoms with van der Waals surface area (Å²) in [6.45, 7) is 0.332. The summed E-state index contributed by atoms with van der Waals surface area (Å²) in [5.74, 6) is -0.769. The monoisotopic (exact) mass is 170 g/mol. The molecule has 0 spiro atoms. The van der Waals surface area contributed by atoms with Crippen LogP contribution in [0.4, 0.5) is 13.2 Å². The first-order valence-electron chi connectivity index (χ1n) is 3.34. The lowest BCUT2D eigenvalue weighted by molar-refractivity contribution is -0.218. The zero-order chi connectivity index (χ0) is 8.48. The van der Waals surface area contributed by atoms with E-state index in [1.54, 1.807) is 0 Å². The first-order valence-corrected chi connectivity index (χ1v) is 3.34. The van der Waals surface area contributed by atoms with Crippen molar-refractivity contribution in [2.24, 2.45) is 5.92 Å². The molecule has 2 nitrogen and oxygen atoms in total. The van der Waals surface area contributed by atoms with Crippen LogP contribution in [0.15, 0.2) is 0 Å². The van der Waals surface area contributed by atoms with Crippen molar-refractivity contribution >= 4 is 0 Å². The molecule has 0 aromatic heterocycles. The Bertz CT molecular complexity index is 128. The lowest BCUT2D eigenvalue weighted by atomic mass is 10.0. The molecule has 0 aromatic carbocycles.